The van der Waals surface area contributed by atoms with Crippen LogP contribution in [0.15, 0.2) is 27.6 Å². The minimum absolute atomic E-state index is 0.167. The second-order valence-corrected chi connectivity index (χ2v) is 8.73. The minimum Gasteiger partial charge on any atom is -0.391 e. The maximum Gasteiger partial charge on any atom is 0.263 e. The molecule has 0 aliphatic carbocycles. The lowest BCUT2D eigenvalue weighted by atomic mass is 10.2. The molecule has 114 valence electrons. The maximum absolute atomic E-state index is 12.5. The third-order valence-electron chi connectivity index (χ3n) is 2.86. The van der Waals surface area contributed by atoms with E-state index in [0.717, 1.165) is 5.56 Å². The summed E-state index contributed by atoms with van der Waals surface area (Å²) < 4.78 is 28.0. The lowest BCUT2D eigenvalue weighted by Crippen LogP contribution is -2.13. The summed E-state index contributed by atoms with van der Waals surface area (Å²) in [4.78, 5) is 1.40. The highest BCUT2D eigenvalue weighted by Gasteiger charge is 2.21. The van der Waals surface area contributed by atoms with Gasteiger partial charge in [-0.1, -0.05) is 11.6 Å². The van der Waals surface area contributed by atoms with E-state index in [-0.39, 0.29) is 11.5 Å². The third-order valence-corrected chi connectivity index (χ3v) is 6.58. The lowest BCUT2D eigenvalue weighted by Gasteiger charge is -2.11. The Morgan fingerprint density at radius 2 is 2.00 bits per heavy atom. The number of aliphatic hydroxyl groups excluding tert-OH is 1. The van der Waals surface area contributed by atoms with Crippen molar-refractivity contribution < 1.29 is 13.5 Å². The SMILES string of the molecule is Cc1cc(Br)c(NS(=O)(=O)c2cc(CO)sc2C)cc1Cl. The van der Waals surface area contributed by atoms with Gasteiger partial charge < -0.3 is 5.11 Å². The number of rotatable bonds is 4. The van der Waals surface area contributed by atoms with Crippen LogP contribution in [0.1, 0.15) is 15.3 Å². The van der Waals surface area contributed by atoms with Crippen LogP contribution in [0, 0.1) is 13.8 Å². The first-order valence-electron chi connectivity index (χ1n) is 5.93. The number of benzene rings is 1. The van der Waals surface area contributed by atoms with Crippen LogP contribution in [0.25, 0.3) is 0 Å². The number of halogens is 2. The molecule has 8 heteroatoms. The Morgan fingerprint density at radius 3 is 2.57 bits per heavy atom. The van der Waals surface area contributed by atoms with Crippen LogP contribution in [0.2, 0.25) is 5.02 Å². The normalized spacial score (nSPS) is 11.7. The number of thiophene rings is 1. The van der Waals surface area contributed by atoms with E-state index in [1.54, 1.807) is 19.1 Å². The predicted octanol–water partition coefficient (Wildman–Crippen LogP) is 4.07. The molecule has 0 fully saturated rings. The Bertz CT molecular complexity index is 787. The second-order valence-electron chi connectivity index (χ2n) is 4.48. The van der Waals surface area contributed by atoms with E-state index in [0.29, 0.717) is 24.9 Å². The van der Waals surface area contributed by atoms with Gasteiger partial charge in [-0.2, -0.15) is 0 Å². The first-order valence-corrected chi connectivity index (χ1v) is 9.40. The van der Waals surface area contributed by atoms with Crippen molar-refractivity contribution in [2.75, 3.05) is 4.72 Å². The Kier molecular flexibility index (Phi) is 4.99. The number of sulfonamides is 1. The van der Waals surface area contributed by atoms with Crippen LogP contribution in [0.5, 0.6) is 0 Å². The molecule has 0 aliphatic rings. The van der Waals surface area contributed by atoms with Gasteiger partial charge in [-0.15, -0.1) is 11.3 Å². The third kappa shape index (κ3) is 3.60. The van der Waals surface area contributed by atoms with E-state index in [2.05, 4.69) is 20.7 Å². The zero-order valence-corrected chi connectivity index (χ0v) is 15.3. The standard InChI is InChI=1S/C13H13BrClNO3S2/c1-7-3-10(14)12(5-11(7)15)16-21(18,19)13-4-9(6-17)20-8(13)2/h3-5,16-17H,6H2,1-2H3. The molecule has 0 amide bonds. The number of hydrogen-bond donors (Lipinski definition) is 2. The van der Waals surface area contributed by atoms with Crippen molar-refractivity contribution >= 4 is 54.6 Å². The molecule has 0 spiro atoms. The minimum atomic E-state index is -3.72. The van der Waals surface area contributed by atoms with Gasteiger partial charge in [-0.05, 0) is 53.5 Å². The van der Waals surface area contributed by atoms with Crippen LogP contribution < -0.4 is 4.72 Å². The molecule has 4 nitrogen and oxygen atoms in total. The van der Waals surface area contributed by atoms with Gasteiger partial charge in [0.1, 0.15) is 4.90 Å². The van der Waals surface area contributed by atoms with Gasteiger partial charge in [0.25, 0.3) is 10.0 Å². The van der Waals surface area contributed by atoms with Gasteiger partial charge in [-0.3, -0.25) is 4.72 Å². The Hall–Kier alpha value is -0.600. The molecule has 0 aliphatic heterocycles. The summed E-state index contributed by atoms with van der Waals surface area (Å²) in [5, 5.41) is 9.59. The first kappa shape index (κ1) is 16.8. The van der Waals surface area contributed by atoms with Crippen LogP contribution >= 0.6 is 38.9 Å². The molecule has 1 aromatic heterocycles. The van der Waals surface area contributed by atoms with Crippen LogP contribution in [-0.2, 0) is 16.6 Å². The second kappa shape index (κ2) is 6.26. The Balaban J connectivity index is 2.42. The summed E-state index contributed by atoms with van der Waals surface area (Å²) in [6, 6.07) is 4.79. The van der Waals surface area contributed by atoms with Crippen molar-refractivity contribution in [1.29, 1.82) is 0 Å². The van der Waals surface area contributed by atoms with Gasteiger partial charge in [0, 0.05) is 19.2 Å². The maximum atomic E-state index is 12.5. The summed E-state index contributed by atoms with van der Waals surface area (Å²) in [5.41, 5.74) is 1.22. The fourth-order valence-electron chi connectivity index (χ4n) is 1.79. The molecule has 0 saturated carbocycles. The van der Waals surface area contributed by atoms with Crippen molar-refractivity contribution in [3.63, 3.8) is 0 Å². The molecular formula is C13H13BrClNO3S2. The molecule has 1 heterocycles. The first-order chi connectivity index (χ1) is 9.74. The van der Waals surface area contributed by atoms with Crippen molar-refractivity contribution in [1.82, 2.24) is 0 Å². The number of nitrogens with one attached hydrogen (secondary N) is 1. The van der Waals surface area contributed by atoms with Crippen molar-refractivity contribution in [2.24, 2.45) is 0 Å². The summed E-state index contributed by atoms with van der Waals surface area (Å²) >= 11 is 10.6. The highest BCUT2D eigenvalue weighted by Crippen LogP contribution is 2.32. The van der Waals surface area contributed by atoms with Gasteiger partial charge in [0.05, 0.1) is 12.3 Å². The van der Waals surface area contributed by atoms with Crippen molar-refractivity contribution in [3.05, 3.63) is 43.0 Å². The van der Waals surface area contributed by atoms with Crippen molar-refractivity contribution in [2.45, 2.75) is 25.3 Å². The largest absolute Gasteiger partial charge is 0.391 e. The average Bonchev–Trinajstić information content (AvgIpc) is 2.78. The lowest BCUT2D eigenvalue weighted by molar-refractivity contribution is 0.285. The summed E-state index contributed by atoms with van der Waals surface area (Å²) in [6.07, 6.45) is 0. The number of anilines is 1. The zero-order chi connectivity index (χ0) is 15.8. The molecule has 2 N–H and O–H groups in total. The fraction of sp³-hybridized carbons (Fsp3) is 0.231. The van der Waals surface area contributed by atoms with Gasteiger partial charge in [0.15, 0.2) is 0 Å². The topological polar surface area (TPSA) is 66.4 Å². The quantitative estimate of drug-likeness (QED) is 0.798. The van der Waals surface area contributed by atoms with Crippen molar-refractivity contribution in [3.8, 4) is 0 Å². The zero-order valence-electron chi connectivity index (χ0n) is 11.3. The number of hydrogen-bond acceptors (Lipinski definition) is 4. The number of aryl methyl sites for hydroxylation is 2. The Labute approximate surface area is 140 Å². The number of aliphatic hydroxyl groups is 1. The Morgan fingerprint density at radius 1 is 1.33 bits per heavy atom. The van der Waals surface area contributed by atoms with E-state index < -0.39 is 10.0 Å². The molecule has 0 unspecified atom stereocenters. The molecule has 0 saturated heterocycles. The molecule has 0 bridgehead atoms. The van der Waals surface area contributed by atoms with Gasteiger partial charge in [0.2, 0.25) is 0 Å². The summed E-state index contributed by atoms with van der Waals surface area (Å²) in [6.45, 7) is 3.36. The van der Waals surface area contributed by atoms with E-state index in [4.69, 9.17) is 16.7 Å². The van der Waals surface area contributed by atoms with E-state index >= 15 is 0 Å². The molecule has 0 radical (unpaired) electrons. The predicted molar refractivity (Wildman–Crippen MR) is 89.7 cm³/mol. The van der Waals surface area contributed by atoms with Crippen LogP contribution in [-0.4, -0.2) is 13.5 Å². The molecule has 1 aromatic carbocycles. The smallest absolute Gasteiger partial charge is 0.263 e. The summed E-state index contributed by atoms with van der Waals surface area (Å²) in [5.74, 6) is 0. The van der Waals surface area contributed by atoms with E-state index in [1.807, 2.05) is 6.92 Å². The van der Waals surface area contributed by atoms with Gasteiger partial charge in [-0.25, -0.2) is 8.42 Å². The highest BCUT2D eigenvalue weighted by molar-refractivity contribution is 9.10. The van der Waals surface area contributed by atoms with Crippen LogP contribution in [0.3, 0.4) is 0 Å². The van der Waals surface area contributed by atoms with Crippen LogP contribution in [0.4, 0.5) is 5.69 Å². The summed E-state index contributed by atoms with van der Waals surface area (Å²) in [7, 11) is -3.72. The highest BCUT2D eigenvalue weighted by atomic mass is 79.9. The van der Waals surface area contributed by atoms with Gasteiger partial charge >= 0.3 is 0 Å². The average molecular weight is 411 g/mol. The fourth-order valence-corrected chi connectivity index (χ4v) is 5.21. The molecule has 21 heavy (non-hydrogen) atoms. The molecular weight excluding hydrogens is 398 g/mol. The molecule has 0 atom stereocenters. The van der Waals surface area contributed by atoms with E-state index in [1.165, 1.54) is 17.4 Å². The molecule has 2 rings (SSSR count). The monoisotopic (exact) mass is 409 g/mol. The molecule has 2 aromatic rings. The van der Waals surface area contributed by atoms with E-state index in [9.17, 15) is 8.42 Å².